The van der Waals surface area contributed by atoms with E-state index in [0.29, 0.717) is 22.8 Å². The van der Waals surface area contributed by atoms with Crippen molar-refractivity contribution < 1.29 is 9.22 Å². The van der Waals surface area contributed by atoms with Crippen molar-refractivity contribution in [1.29, 1.82) is 0 Å². The van der Waals surface area contributed by atoms with Crippen molar-refractivity contribution in [1.82, 2.24) is 0 Å². The van der Waals surface area contributed by atoms with Crippen LogP contribution in [0.25, 0.3) is 0 Å². The Morgan fingerprint density at radius 1 is 1.50 bits per heavy atom. The molecule has 0 amide bonds. The van der Waals surface area contributed by atoms with Gasteiger partial charge in [-0.05, 0) is 25.0 Å². The smallest absolute Gasteiger partial charge is 0.288 e. The number of unbranched alkanes of at least 4 members (excludes halogenated alkanes) is 1. The fourth-order valence-electron chi connectivity index (χ4n) is 1.39. The van der Waals surface area contributed by atoms with Crippen LogP contribution < -0.4 is 0 Å². The summed E-state index contributed by atoms with van der Waals surface area (Å²) in [6.07, 6.45) is 3.86. The van der Waals surface area contributed by atoms with Gasteiger partial charge in [-0.25, -0.2) is 4.42 Å². The Hall–Kier alpha value is -1.15. The van der Waals surface area contributed by atoms with E-state index in [1.807, 2.05) is 12.1 Å². The van der Waals surface area contributed by atoms with E-state index in [4.69, 9.17) is 16.0 Å². The summed E-state index contributed by atoms with van der Waals surface area (Å²) in [5.74, 6) is 1.03. The Bertz CT molecular complexity index is 397. The maximum atomic E-state index is 10.5. The SMILES string of the molecule is CCCCc1ccc(Cl)cc1[O+]=C(C)C=O. The lowest BCUT2D eigenvalue weighted by atomic mass is 10.1. The summed E-state index contributed by atoms with van der Waals surface area (Å²) in [5.41, 5.74) is 1.09. The van der Waals surface area contributed by atoms with Gasteiger partial charge in [-0.3, -0.25) is 4.79 Å². The molecule has 0 heterocycles. The summed E-state index contributed by atoms with van der Waals surface area (Å²) in [6, 6.07) is 5.54. The number of carbonyl (C=O) groups is 1. The minimum absolute atomic E-state index is 0.347. The molecular weight excluding hydrogens is 224 g/mol. The van der Waals surface area contributed by atoms with Crippen LogP contribution >= 0.6 is 11.6 Å². The minimum Gasteiger partial charge on any atom is -0.288 e. The first-order chi connectivity index (χ1) is 7.67. The fraction of sp³-hybridized carbons (Fsp3) is 0.385. The molecule has 0 N–H and O–H groups in total. The molecule has 1 aromatic rings. The van der Waals surface area contributed by atoms with Gasteiger partial charge in [0.2, 0.25) is 6.29 Å². The molecule has 0 unspecified atom stereocenters. The highest BCUT2D eigenvalue weighted by Gasteiger charge is 2.14. The third-order valence-electron chi connectivity index (χ3n) is 2.27. The lowest BCUT2D eigenvalue weighted by molar-refractivity contribution is -0.366. The largest absolute Gasteiger partial charge is 0.366 e. The van der Waals surface area contributed by atoms with Crippen LogP contribution in [0.2, 0.25) is 5.02 Å². The molecule has 0 atom stereocenters. The summed E-state index contributed by atoms with van der Waals surface area (Å²) in [7, 11) is 0. The molecule has 0 radical (unpaired) electrons. The second-order valence-corrected chi connectivity index (χ2v) is 4.12. The number of hydrogen-bond acceptors (Lipinski definition) is 1. The number of benzene rings is 1. The lowest BCUT2D eigenvalue weighted by Crippen LogP contribution is -1.96. The molecule has 0 saturated carbocycles. The van der Waals surface area contributed by atoms with Gasteiger partial charge in [-0.1, -0.05) is 24.9 Å². The molecule has 16 heavy (non-hydrogen) atoms. The number of carbonyl (C=O) groups excluding carboxylic acids is 2. The quantitative estimate of drug-likeness (QED) is 0.437. The van der Waals surface area contributed by atoms with E-state index >= 15 is 0 Å². The maximum Gasteiger partial charge on any atom is 0.366 e. The molecule has 3 heteroatoms. The number of ketones is 1. The van der Waals surface area contributed by atoms with Crippen molar-refractivity contribution in [3.8, 4) is 5.75 Å². The molecule has 0 aliphatic rings. The Labute approximate surface area is 101 Å². The molecule has 0 aliphatic heterocycles. The zero-order valence-corrected chi connectivity index (χ0v) is 10.4. The molecule has 1 rings (SSSR count). The minimum atomic E-state index is 0.347. The van der Waals surface area contributed by atoms with Crippen molar-refractivity contribution in [2.24, 2.45) is 0 Å². The number of halogens is 1. The normalized spacial score (nSPS) is 11.6. The Morgan fingerprint density at radius 2 is 2.25 bits per heavy atom. The second kappa shape index (κ2) is 6.44. The summed E-state index contributed by atoms with van der Waals surface area (Å²) in [4.78, 5) is 10.5. The molecule has 0 spiro atoms. The average molecular weight is 240 g/mol. The molecule has 0 aromatic heterocycles. The maximum absolute atomic E-state index is 10.5. The van der Waals surface area contributed by atoms with Gasteiger partial charge in [0.15, 0.2) is 0 Å². The van der Waals surface area contributed by atoms with Gasteiger partial charge < -0.3 is 0 Å². The number of rotatable bonds is 5. The predicted molar refractivity (Wildman–Crippen MR) is 66.3 cm³/mol. The molecule has 0 bridgehead atoms. The van der Waals surface area contributed by atoms with E-state index < -0.39 is 0 Å². The van der Waals surface area contributed by atoms with Gasteiger partial charge in [-0.2, -0.15) is 0 Å². The zero-order chi connectivity index (χ0) is 12.0. The van der Waals surface area contributed by atoms with Crippen LogP contribution in [0.5, 0.6) is 5.75 Å². The third kappa shape index (κ3) is 3.78. The van der Waals surface area contributed by atoms with Crippen LogP contribution in [-0.4, -0.2) is 12.1 Å². The summed E-state index contributed by atoms with van der Waals surface area (Å²) in [5, 5.41) is 0.619. The second-order valence-electron chi connectivity index (χ2n) is 3.69. The predicted octanol–water partition coefficient (Wildman–Crippen LogP) is 3.72. The van der Waals surface area contributed by atoms with Gasteiger partial charge in [0.05, 0.1) is 23.6 Å². The number of hydrogen-bond donors (Lipinski definition) is 0. The fourth-order valence-corrected chi connectivity index (χ4v) is 1.56. The Morgan fingerprint density at radius 3 is 2.88 bits per heavy atom. The van der Waals surface area contributed by atoms with Crippen LogP contribution in [0, 0.1) is 0 Å². The molecule has 0 fully saturated rings. The summed E-state index contributed by atoms with van der Waals surface area (Å²) in [6.45, 7) is 3.77. The standard InChI is InChI=1S/C13H16ClO2/c1-3-4-5-11-6-7-12(14)8-13(11)16-10(2)9-15/h6-9H,3-5H2,1-2H3/q+1. The van der Waals surface area contributed by atoms with E-state index in [-0.39, 0.29) is 0 Å². The highest BCUT2D eigenvalue weighted by Crippen LogP contribution is 2.25. The van der Waals surface area contributed by atoms with Gasteiger partial charge in [0, 0.05) is 0 Å². The van der Waals surface area contributed by atoms with E-state index in [9.17, 15) is 4.79 Å². The van der Waals surface area contributed by atoms with Crippen LogP contribution in [0.1, 0.15) is 32.3 Å². The van der Waals surface area contributed by atoms with Crippen LogP contribution in [0.15, 0.2) is 18.2 Å². The van der Waals surface area contributed by atoms with Crippen molar-refractivity contribution >= 4 is 23.7 Å². The molecule has 0 saturated heterocycles. The zero-order valence-electron chi connectivity index (χ0n) is 9.63. The molecule has 0 aliphatic carbocycles. The average Bonchev–Trinajstić information content (AvgIpc) is 2.28. The van der Waals surface area contributed by atoms with E-state index in [0.717, 1.165) is 24.8 Å². The van der Waals surface area contributed by atoms with Gasteiger partial charge in [0.1, 0.15) is 0 Å². The van der Waals surface area contributed by atoms with Crippen molar-refractivity contribution in [2.45, 2.75) is 33.1 Å². The third-order valence-corrected chi connectivity index (χ3v) is 2.50. The van der Waals surface area contributed by atoms with Crippen LogP contribution in [0.3, 0.4) is 0 Å². The van der Waals surface area contributed by atoms with Crippen molar-refractivity contribution in [3.05, 3.63) is 28.8 Å². The van der Waals surface area contributed by atoms with Gasteiger partial charge in [0.25, 0.3) is 0 Å². The highest BCUT2D eigenvalue weighted by atomic mass is 35.5. The van der Waals surface area contributed by atoms with E-state index in [2.05, 4.69) is 6.92 Å². The van der Waals surface area contributed by atoms with Crippen molar-refractivity contribution in [3.63, 3.8) is 0 Å². The summed E-state index contributed by atoms with van der Waals surface area (Å²) >= 11 is 5.90. The molecule has 2 nitrogen and oxygen atoms in total. The lowest BCUT2D eigenvalue weighted by Gasteiger charge is -1.98. The van der Waals surface area contributed by atoms with Gasteiger partial charge in [-0.15, -0.1) is 0 Å². The first kappa shape index (κ1) is 12.9. The highest BCUT2D eigenvalue weighted by molar-refractivity contribution is 6.30. The van der Waals surface area contributed by atoms with Crippen LogP contribution in [0.4, 0.5) is 0 Å². The monoisotopic (exact) mass is 239 g/mol. The molecule has 86 valence electrons. The molecular formula is C13H16ClO2+. The van der Waals surface area contributed by atoms with Crippen LogP contribution in [-0.2, 0) is 15.6 Å². The van der Waals surface area contributed by atoms with E-state index in [1.165, 1.54) is 0 Å². The summed E-state index contributed by atoms with van der Waals surface area (Å²) < 4.78 is 5.44. The van der Waals surface area contributed by atoms with Gasteiger partial charge >= 0.3 is 11.5 Å². The van der Waals surface area contributed by atoms with E-state index in [1.54, 1.807) is 13.0 Å². The number of aryl methyl sites for hydroxylation is 1. The first-order valence-electron chi connectivity index (χ1n) is 5.42. The number of aldehydes is 1. The Balaban J connectivity index is 3.02. The topological polar surface area (TPSA) is 28.4 Å². The first-order valence-corrected chi connectivity index (χ1v) is 5.80. The molecule has 1 aromatic carbocycles. The Kier molecular flexibility index (Phi) is 5.20. The van der Waals surface area contributed by atoms with Crippen molar-refractivity contribution in [2.75, 3.05) is 0 Å².